The molecule has 0 amide bonds. The zero-order valence-corrected chi connectivity index (χ0v) is 15.2. The molecule has 0 aliphatic carbocycles. The third-order valence-corrected chi connectivity index (χ3v) is 5.89. The van der Waals surface area contributed by atoms with Crippen LogP contribution in [0.4, 0.5) is 5.69 Å². The summed E-state index contributed by atoms with van der Waals surface area (Å²) in [7, 11) is -3.83. The Kier molecular flexibility index (Phi) is 5.63. The number of nitro benzene ring substituents is 1. The summed E-state index contributed by atoms with van der Waals surface area (Å²) in [6.45, 7) is 0.407. The maximum Gasteiger partial charge on any atom is 0.269 e. The lowest BCUT2D eigenvalue weighted by Crippen LogP contribution is -2.30. The van der Waals surface area contributed by atoms with Crippen LogP contribution in [0.3, 0.4) is 0 Å². The number of hydrogen-bond donors (Lipinski definition) is 0. The lowest BCUT2D eigenvalue weighted by atomic mass is 10.2. The summed E-state index contributed by atoms with van der Waals surface area (Å²) >= 11 is 0. The molecule has 0 saturated heterocycles. The summed E-state index contributed by atoms with van der Waals surface area (Å²) in [5.41, 5.74) is 1.57. The van der Waals surface area contributed by atoms with E-state index in [4.69, 9.17) is 0 Å². The Bertz CT molecular complexity index is 963. The predicted octanol–water partition coefficient (Wildman–Crippen LogP) is 3.99. The van der Waals surface area contributed by atoms with Gasteiger partial charge in [0.15, 0.2) is 0 Å². The molecule has 0 bridgehead atoms. The number of nitro groups is 1. The van der Waals surface area contributed by atoms with Gasteiger partial charge in [0.2, 0.25) is 10.0 Å². The minimum Gasteiger partial charge on any atom is -0.258 e. The quantitative estimate of drug-likeness (QED) is 0.457. The van der Waals surface area contributed by atoms with E-state index in [1.54, 1.807) is 0 Å². The monoisotopic (exact) mass is 382 g/mol. The van der Waals surface area contributed by atoms with Crippen LogP contribution in [0.1, 0.15) is 11.1 Å². The van der Waals surface area contributed by atoms with Gasteiger partial charge in [-0.05, 0) is 23.3 Å². The molecule has 0 radical (unpaired) electrons. The Hall–Kier alpha value is -3.03. The molecular weight excluding hydrogens is 364 g/mol. The summed E-state index contributed by atoms with van der Waals surface area (Å²) in [6.07, 6.45) is 0. The van der Waals surface area contributed by atoms with Crippen molar-refractivity contribution in [3.05, 3.63) is 106 Å². The number of hydrogen-bond acceptors (Lipinski definition) is 4. The highest BCUT2D eigenvalue weighted by atomic mass is 32.2. The summed E-state index contributed by atoms with van der Waals surface area (Å²) < 4.78 is 27.7. The second-order valence-electron chi connectivity index (χ2n) is 6.00. The SMILES string of the molecule is O=[N+]([O-])c1ccc(S(=O)(=O)N(Cc2ccccc2)Cc2ccccc2)cc1. The second kappa shape index (κ2) is 8.11. The summed E-state index contributed by atoms with van der Waals surface area (Å²) in [6, 6.07) is 23.6. The molecule has 0 aliphatic rings. The third-order valence-electron chi connectivity index (χ3n) is 4.09. The fourth-order valence-electron chi connectivity index (χ4n) is 2.69. The standard InChI is InChI=1S/C20H18N2O4S/c23-22(24)19-11-13-20(14-12-19)27(25,26)21(15-17-7-3-1-4-8-17)16-18-9-5-2-6-10-18/h1-14H,15-16H2. The topological polar surface area (TPSA) is 80.5 Å². The minimum atomic E-state index is -3.83. The molecule has 7 heteroatoms. The number of sulfonamides is 1. The molecule has 6 nitrogen and oxygen atoms in total. The molecule has 0 aliphatic heterocycles. The Morgan fingerprint density at radius 3 is 1.59 bits per heavy atom. The third kappa shape index (κ3) is 4.58. The van der Waals surface area contributed by atoms with E-state index in [9.17, 15) is 18.5 Å². The molecule has 0 N–H and O–H groups in total. The highest BCUT2D eigenvalue weighted by molar-refractivity contribution is 7.89. The molecule has 0 heterocycles. The molecule has 138 valence electrons. The first-order chi connectivity index (χ1) is 13.0. The van der Waals surface area contributed by atoms with E-state index in [2.05, 4.69) is 0 Å². The van der Waals surface area contributed by atoms with Gasteiger partial charge in [0, 0.05) is 25.2 Å². The van der Waals surface area contributed by atoms with Gasteiger partial charge < -0.3 is 0 Å². The average molecular weight is 382 g/mol. The maximum atomic E-state index is 13.2. The van der Waals surface area contributed by atoms with Crippen molar-refractivity contribution in [2.45, 2.75) is 18.0 Å². The second-order valence-corrected chi connectivity index (χ2v) is 7.93. The van der Waals surface area contributed by atoms with Crippen molar-refractivity contribution in [3.63, 3.8) is 0 Å². The van der Waals surface area contributed by atoms with Crippen molar-refractivity contribution in [2.75, 3.05) is 0 Å². The number of benzene rings is 3. The largest absolute Gasteiger partial charge is 0.269 e. The summed E-state index contributed by atoms with van der Waals surface area (Å²) in [4.78, 5) is 10.3. The van der Waals surface area contributed by atoms with E-state index in [1.165, 1.54) is 28.6 Å². The van der Waals surface area contributed by atoms with E-state index in [1.807, 2.05) is 60.7 Å². The highest BCUT2D eigenvalue weighted by Crippen LogP contribution is 2.23. The van der Waals surface area contributed by atoms with Gasteiger partial charge in [0.05, 0.1) is 9.82 Å². The van der Waals surface area contributed by atoms with Crippen LogP contribution < -0.4 is 0 Å². The molecule has 0 saturated carbocycles. The lowest BCUT2D eigenvalue weighted by Gasteiger charge is -2.22. The van der Waals surface area contributed by atoms with Crippen LogP contribution in [-0.4, -0.2) is 17.6 Å². The van der Waals surface area contributed by atoms with Crippen LogP contribution in [0, 0.1) is 10.1 Å². The number of rotatable bonds is 7. The van der Waals surface area contributed by atoms with Crippen LogP contribution in [0.25, 0.3) is 0 Å². The van der Waals surface area contributed by atoms with Crippen LogP contribution in [0.5, 0.6) is 0 Å². The fourth-order valence-corrected chi connectivity index (χ4v) is 4.11. The Balaban J connectivity index is 1.95. The predicted molar refractivity (Wildman–Crippen MR) is 102 cm³/mol. The zero-order valence-electron chi connectivity index (χ0n) is 14.4. The normalized spacial score (nSPS) is 11.4. The Morgan fingerprint density at radius 1 is 0.741 bits per heavy atom. The van der Waals surface area contributed by atoms with Gasteiger partial charge >= 0.3 is 0 Å². The zero-order chi connectivity index (χ0) is 19.3. The van der Waals surface area contributed by atoms with Crippen LogP contribution in [-0.2, 0) is 23.1 Å². The molecule has 0 spiro atoms. The molecule has 3 aromatic carbocycles. The Labute approximate surface area is 157 Å². The van der Waals surface area contributed by atoms with Gasteiger partial charge in [-0.2, -0.15) is 4.31 Å². The van der Waals surface area contributed by atoms with Crippen LogP contribution in [0.15, 0.2) is 89.8 Å². The highest BCUT2D eigenvalue weighted by Gasteiger charge is 2.25. The number of nitrogens with zero attached hydrogens (tertiary/aromatic N) is 2. The molecule has 0 fully saturated rings. The molecule has 3 aromatic rings. The minimum absolute atomic E-state index is 0.0277. The van der Waals surface area contributed by atoms with E-state index in [-0.39, 0.29) is 23.7 Å². The molecule has 0 atom stereocenters. The van der Waals surface area contributed by atoms with E-state index in [0.717, 1.165) is 11.1 Å². The van der Waals surface area contributed by atoms with E-state index < -0.39 is 14.9 Å². The van der Waals surface area contributed by atoms with E-state index in [0.29, 0.717) is 0 Å². The van der Waals surface area contributed by atoms with Gasteiger partial charge in [0.1, 0.15) is 0 Å². The van der Waals surface area contributed by atoms with E-state index >= 15 is 0 Å². The molecule has 27 heavy (non-hydrogen) atoms. The molecule has 0 aromatic heterocycles. The van der Waals surface area contributed by atoms with Gasteiger partial charge in [-0.25, -0.2) is 8.42 Å². The van der Waals surface area contributed by atoms with Gasteiger partial charge in [-0.1, -0.05) is 60.7 Å². The van der Waals surface area contributed by atoms with Crippen LogP contribution >= 0.6 is 0 Å². The summed E-state index contributed by atoms with van der Waals surface area (Å²) in [5.74, 6) is 0. The molecule has 0 unspecified atom stereocenters. The average Bonchev–Trinajstić information content (AvgIpc) is 2.69. The number of non-ortho nitro benzene ring substituents is 1. The van der Waals surface area contributed by atoms with Crippen molar-refractivity contribution >= 4 is 15.7 Å². The van der Waals surface area contributed by atoms with Crippen molar-refractivity contribution in [1.29, 1.82) is 0 Å². The Morgan fingerprint density at radius 2 is 1.19 bits per heavy atom. The van der Waals surface area contributed by atoms with Crippen molar-refractivity contribution < 1.29 is 13.3 Å². The molecule has 3 rings (SSSR count). The first-order valence-electron chi connectivity index (χ1n) is 8.29. The fraction of sp³-hybridized carbons (Fsp3) is 0.100. The van der Waals surface area contributed by atoms with Gasteiger partial charge in [-0.3, -0.25) is 10.1 Å². The first-order valence-corrected chi connectivity index (χ1v) is 9.73. The van der Waals surface area contributed by atoms with Gasteiger partial charge in [-0.15, -0.1) is 0 Å². The van der Waals surface area contributed by atoms with Crippen LogP contribution in [0.2, 0.25) is 0 Å². The van der Waals surface area contributed by atoms with Gasteiger partial charge in [0.25, 0.3) is 5.69 Å². The maximum absolute atomic E-state index is 13.2. The molecular formula is C20H18N2O4S. The smallest absolute Gasteiger partial charge is 0.258 e. The summed E-state index contributed by atoms with van der Waals surface area (Å²) in [5, 5.41) is 10.8. The lowest BCUT2D eigenvalue weighted by molar-refractivity contribution is -0.384. The van der Waals surface area contributed by atoms with Crippen molar-refractivity contribution in [3.8, 4) is 0 Å². The first kappa shape index (κ1) is 18.8. The van der Waals surface area contributed by atoms with Crippen molar-refractivity contribution in [2.24, 2.45) is 0 Å². The van der Waals surface area contributed by atoms with Crippen molar-refractivity contribution in [1.82, 2.24) is 4.31 Å².